The van der Waals surface area contributed by atoms with Gasteiger partial charge in [-0.05, 0) is 101 Å². The number of hydrogen-bond acceptors (Lipinski definition) is 0. The first-order valence-electron chi connectivity index (χ1n) is 14.7. The Morgan fingerprint density at radius 2 is 1.38 bits per heavy atom. The molecule has 0 bridgehead atoms. The number of aryl methyl sites for hydroxylation is 1. The van der Waals surface area contributed by atoms with E-state index in [4.69, 9.17) is 0 Å². The van der Waals surface area contributed by atoms with E-state index in [1.165, 1.54) is 49.7 Å². The van der Waals surface area contributed by atoms with Crippen LogP contribution in [-0.4, -0.2) is 4.40 Å². The predicted molar refractivity (Wildman–Crippen MR) is 158 cm³/mol. The SMILES string of the molecule is CCC1(C)c2c(C)c(C)cc3ccn4c5cc6c(cc5[n+](c4c23)C1(CC)CC)C(C)(C)C(C)(C)C6(C)C. The van der Waals surface area contributed by atoms with E-state index >= 15 is 0 Å². The smallest absolute Gasteiger partial charge is 0.216 e. The van der Waals surface area contributed by atoms with Crippen LogP contribution in [0.5, 0.6) is 0 Å². The zero-order valence-electron chi connectivity index (χ0n) is 25.4. The molecule has 0 saturated heterocycles. The van der Waals surface area contributed by atoms with Gasteiger partial charge in [0.05, 0.1) is 11.6 Å². The van der Waals surface area contributed by atoms with Crippen LogP contribution in [0.15, 0.2) is 30.5 Å². The van der Waals surface area contributed by atoms with Crippen LogP contribution in [0.2, 0.25) is 0 Å². The van der Waals surface area contributed by atoms with Gasteiger partial charge in [-0.2, -0.15) is 4.40 Å². The second-order valence-electron chi connectivity index (χ2n) is 14.2. The maximum absolute atomic E-state index is 2.82. The van der Waals surface area contributed by atoms with Crippen molar-refractivity contribution in [3.63, 3.8) is 0 Å². The van der Waals surface area contributed by atoms with E-state index in [0.717, 1.165) is 19.3 Å². The van der Waals surface area contributed by atoms with Crippen LogP contribution in [-0.2, 0) is 21.8 Å². The summed E-state index contributed by atoms with van der Waals surface area (Å²) in [5, 5.41) is 2.86. The fraction of sp³-hybridized carbons (Fsp3) is 0.571. The first-order valence-corrected chi connectivity index (χ1v) is 14.7. The van der Waals surface area contributed by atoms with Crippen molar-refractivity contribution in [2.75, 3.05) is 0 Å². The Labute approximate surface area is 224 Å². The number of imidazole rings is 1. The minimum atomic E-state index is 0.0105. The number of rotatable bonds is 3. The molecule has 0 radical (unpaired) electrons. The monoisotopic (exact) mass is 495 g/mol. The lowest BCUT2D eigenvalue weighted by atomic mass is 9.58. The van der Waals surface area contributed by atoms with Crippen LogP contribution in [0.3, 0.4) is 0 Å². The van der Waals surface area contributed by atoms with Gasteiger partial charge in [-0.25, -0.2) is 4.57 Å². The molecule has 2 heteroatoms. The molecule has 1 aliphatic heterocycles. The lowest BCUT2D eigenvalue weighted by molar-refractivity contribution is -0.733. The molecular weight excluding hydrogens is 448 g/mol. The van der Waals surface area contributed by atoms with Gasteiger partial charge in [-0.1, -0.05) is 75.3 Å². The second-order valence-corrected chi connectivity index (χ2v) is 14.2. The van der Waals surface area contributed by atoms with E-state index in [9.17, 15) is 0 Å². The van der Waals surface area contributed by atoms with E-state index in [1.54, 1.807) is 5.56 Å². The van der Waals surface area contributed by atoms with E-state index in [2.05, 4.69) is 123 Å². The molecule has 2 aromatic carbocycles. The van der Waals surface area contributed by atoms with Crippen LogP contribution < -0.4 is 4.57 Å². The summed E-state index contributed by atoms with van der Waals surface area (Å²) in [6.07, 6.45) is 5.72. The van der Waals surface area contributed by atoms with Gasteiger partial charge in [-0.15, -0.1) is 0 Å². The Balaban J connectivity index is 1.93. The molecule has 0 amide bonds. The van der Waals surface area contributed by atoms with E-state index < -0.39 is 0 Å². The number of fused-ring (bicyclic) bond motifs is 4. The third-order valence-corrected chi connectivity index (χ3v) is 12.9. The minimum absolute atomic E-state index is 0.0105. The molecule has 4 aromatic rings. The normalized spacial score (nSPS) is 24.4. The van der Waals surface area contributed by atoms with Crippen molar-refractivity contribution >= 4 is 27.5 Å². The Morgan fingerprint density at radius 3 is 1.95 bits per heavy atom. The van der Waals surface area contributed by atoms with Gasteiger partial charge in [0.1, 0.15) is 5.54 Å². The zero-order valence-corrected chi connectivity index (χ0v) is 25.4. The molecule has 1 aliphatic carbocycles. The van der Waals surface area contributed by atoms with Crippen LogP contribution >= 0.6 is 0 Å². The largest absolute Gasteiger partial charge is 0.295 e. The Kier molecular flexibility index (Phi) is 4.71. The van der Waals surface area contributed by atoms with Crippen molar-refractivity contribution in [1.29, 1.82) is 0 Å². The lowest BCUT2D eigenvalue weighted by Crippen LogP contribution is -2.67. The van der Waals surface area contributed by atoms with Gasteiger partial charge in [-0.3, -0.25) is 0 Å². The number of pyridine rings is 1. The standard InChI is InChI=1S/C35H47N2/c1-13-34(12)29-22(5)21(4)18-23-16-17-36-26-19-24-25(32(8,9)33(10,11)31(24,6)7)20-27(26)37(30(36)28(23)29)35(34,14-2)15-3/h16-20H,13-15H2,1-12H3/q+1. The molecule has 1 unspecified atom stereocenters. The van der Waals surface area contributed by atoms with Gasteiger partial charge in [0.2, 0.25) is 0 Å². The lowest BCUT2D eigenvalue weighted by Gasteiger charge is -2.49. The Morgan fingerprint density at radius 1 is 0.784 bits per heavy atom. The summed E-state index contributed by atoms with van der Waals surface area (Å²) in [4.78, 5) is 0. The maximum atomic E-state index is 2.82. The molecule has 0 saturated carbocycles. The molecule has 1 atom stereocenters. The summed E-state index contributed by atoms with van der Waals surface area (Å²) in [5.74, 6) is 0. The van der Waals surface area contributed by atoms with Gasteiger partial charge in [0, 0.05) is 5.41 Å². The van der Waals surface area contributed by atoms with E-state index in [-0.39, 0.29) is 27.2 Å². The topological polar surface area (TPSA) is 8.29 Å². The summed E-state index contributed by atoms with van der Waals surface area (Å²) in [5.41, 5.74) is 12.1. The molecule has 2 aliphatic rings. The van der Waals surface area contributed by atoms with Gasteiger partial charge in [0.25, 0.3) is 5.65 Å². The maximum Gasteiger partial charge on any atom is 0.295 e. The quantitative estimate of drug-likeness (QED) is 0.251. The number of nitrogens with zero attached hydrogens (tertiary/aromatic N) is 2. The van der Waals surface area contributed by atoms with Crippen LogP contribution in [0, 0.1) is 19.3 Å². The van der Waals surface area contributed by atoms with E-state index in [1.807, 2.05) is 0 Å². The molecule has 0 spiro atoms. The summed E-state index contributed by atoms with van der Waals surface area (Å²) >= 11 is 0. The number of hydrogen-bond donors (Lipinski definition) is 0. The molecule has 3 heterocycles. The zero-order chi connectivity index (χ0) is 27.1. The molecule has 2 aromatic heterocycles. The first kappa shape index (κ1) is 25.0. The van der Waals surface area contributed by atoms with E-state index in [0.29, 0.717) is 0 Å². The summed E-state index contributed by atoms with van der Waals surface area (Å²) < 4.78 is 5.37. The van der Waals surface area contributed by atoms with Crippen molar-refractivity contribution in [1.82, 2.24) is 4.40 Å². The third-order valence-electron chi connectivity index (χ3n) is 12.9. The molecule has 2 nitrogen and oxygen atoms in total. The minimum Gasteiger partial charge on any atom is -0.216 e. The number of aromatic nitrogens is 2. The third kappa shape index (κ3) is 2.39. The average Bonchev–Trinajstić information content (AvgIpc) is 3.23. The molecule has 37 heavy (non-hydrogen) atoms. The Bertz CT molecular complexity index is 1640. The summed E-state index contributed by atoms with van der Waals surface area (Å²) in [6, 6.07) is 9.98. The summed E-state index contributed by atoms with van der Waals surface area (Å²) in [6.45, 7) is 29.3. The fourth-order valence-corrected chi connectivity index (χ4v) is 9.08. The fourth-order valence-electron chi connectivity index (χ4n) is 9.08. The summed E-state index contributed by atoms with van der Waals surface area (Å²) in [7, 11) is 0. The molecule has 0 N–H and O–H groups in total. The highest BCUT2D eigenvalue weighted by Gasteiger charge is 2.60. The average molecular weight is 496 g/mol. The van der Waals surface area contributed by atoms with Crippen LogP contribution in [0.4, 0.5) is 0 Å². The molecular formula is C35H47N2+. The first-order chi connectivity index (χ1) is 17.2. The van der Waals surface area contributed by atoms with Gasteiger partial charge >= 0.3 is 0 Å². The van der Waals surface area contributed by atoms with Crippen molar-refractivity contribution in [3.05, 3.63) is 58.3 Å². The highest BCUT2D eigenvalue weighted by molar-refractivity contribution is 6.01. The molecule has 0 fully saturated rings. The Hall–Kier alpha value is -2.35. The number of benzene rings is 2. The van der Waals surface area contributed by atoms with Crippen LogP contribution in [0.1, 0.15) is 116 Å². The highest BCUT2D eigenvalue weighted by atomic mass is 15.2. The van der Waals surface area contributed by atoms with Gasteiger partial charge < -0.3 is 0 Å². The van der Waals surface area contributed by atoms with Gasteiger partial charge in [0.15, 0.2) is 11.0 Å². The van der Waals surface area contributed by atoms with Crippen LogP contribution in [0.25, 0.3) is 27.5 Å². The highest BCUT2D eigenvalue weighted by Crippen LogP contribution is 2.62. The second kappa shape index (κ2) is 6.99. The van der Waals surface area contributed by atoms with Crippen molar-refractivity contribution in [2.45, 2.75) is 124 Å². The predicted octanol–water partition coefficient (Wildman–Crippen LogP) is 8.94. The van der Waals surface area contributed by atoms with Crippen molar-refractivity contribution in [3.8, 4) is 0 Å². The molecule has 196 valence electrons. The van der Waals surface area contributed by atoms with Crippen molar-refractivity contribution < 1.29 is 4.57 Å². The molecule has 6 rings (SSSR count). The van der Waals surface area contributed by atoms with Crippen molar-refractivity contribution in [2.24, 2.45) is 5.41 Å².